The molecule has 2 atom stereocenters. The molecule has 1 N–H and O–H groups in total. The van der Waals surface area contributed by atoms with Crippen molar-refractivity contribution in [2.75, 3.05) is 0 Å². The molecule has 3 aliphatic rings. The molecule has 0 amide bonds. The summed E-state index contributed by atoms with van der Waals surface area (Å²) in [4.78, 5) is 20.4. The van der Waals surface area contributed by atoms with Gasteiger partial charge in [0.1, 0.15) is 0 Å². The van der Waals surface area contributed by atoms with Crippen LogP contribution in [0.3, 0.4) is 0 Å². The molecule has 0 saturated heterocycles. The Labute approximate surface area is 127 Å². The number of aromatic nitrogens is 4. The lowest BCUT2D eigenvalue weighted by Crippen LogP contribution is -2.12. The highest BCUT2D eigenvalue weighted by Crippen LogP contribution is 2.57. The van der Waals surface area contributed by atoms with Crippen molar-refractivity contribution in [3.05, 3.63) is 35.0 Å². The minimum atomic E-state index is -0.949. The first-order chi connectivity index (χ1) is 10.7. The Balaban J connectivity index is 1.57. The second kappa shape index (κ2) is 4.15. The molecule has 2 aromatic heterocycles. The molecule has 2 heterocycles. The predicted octanol–water partition coefficient (Wildman–Crippen LogP) is 2.29. The number of hydrogen-bond donors (Lipinski definition) is 1. The van der Waals surface area contributed by atoms with E-state index in [0.29, 0.717) is 23.6 Å². The molecule has 112 valence electrons. The highest BCUT2D eigenvalue weighted by atomic mass is 16.4. The summed E-state index contributed by atoms with van der Waals surface area (Å²) in [5.41, 5.74) is 3.18. The average Bonchev–Trinajstić information content (AvgIpc) is 2.95. The van der Waals surface area contributed by atoms with Crippen molar-refractivity contribution in [2.45, 2.75) is 43.9 Å². The molecule has 3 aliphatic carbocycles. The Hall–Kier alpha value is -2.24. The maximum atomic E-state index is 11.4. The number of rotatable bonds is 3. The van der Waals surface area contributed by atoms with Crippen LogP contribution in [-0.2, 0) is 6.42 Å². The standard InChI is InChI=1S/C16H16N4O2/c21-16(22)14-11-5-9-4-10(9)15(11)20(19-14)13-7-17-12(6-18-13)8-2-1-3-8/h6-10H,1-5H2,(H,21,22)/t9-,10-/m1/s1. The van der Waals surface area contributed by atoms with Crippen molar-refractivity contribution in [1.29, 1.82) is 0 Å². The smallest absolute Gasteiger partial charge is 0.356 e. The van der Waals surface area contributed by atoms with Crippen molar-refractivity contribution in [3.8, 4) is 5.82 Å². The van der Waals surface area contributed by atoms with E-state index in [2.05, 4.69) is 15.1 Å². The van der Waals surface area contributed by atoms with Gasteiger partial charge in [-0.25, -0.2) is 14.5 Å². The van der Waals surface area contributed by atoms with Crippen LogP contribution in [0.4, 0.5) is 0 Å². The molecule has 0 aliphatic heterocycles. The third-order valence-electron chi connectivity index (χ3n) is 5.36. The molecule has 0 aromatic carbocycles. The number of carbonyl (C=O) groups is 1. The van der Waals surface area contributed by atoms with Crippen LogP contribution >= 0.6 is 0 Å². The number of carboxylic acids is 1. The Morgan fingerprint density at radius 1 is 1.27 bits per heavy atom. The van der Waals surface area contributed by atoms with Gasteiger partial charge in [-0.2, -0.15) is 5.10 Å². The summed E-state index contributed by atoms with van der Waals surface area (Å²) in [7, 11) is 0. The van der Waals surface area contributed by atoms with Gasteiger partial charge in [-0.05, 0) is 31.6 Å². The summed E-state index contributed by atoms with van der Waals surface area (Å²) in [5.74, 6) is 1.31. The monoisotopic (exact) mass is 296 g/mol. The van der Waals surface area contributed by atoms with E-state index in [1.165, 1.54) is 19.3 Å². The molecule has 0 unspecified atom stereocenters. The molecule has 6 heteroatoms. The third-order valence-corrected chi connectivity index (χ3v) is 5.36. The number of fused-ring (bicyclic) bond motifs is 3. The van der Waals surface area contributed by atoms with Gasteiger partial charge in [0, 0.05) is 17.4 Å². The molecule has 2 saturated carbocycles. The van der Waals surface area contributed by atoms with Crippen molar-refractivity contribution in [1.82, 2.24) is 19.7 Å². The Bertz CT molecular complexity index is 776. The molecule has 0 bridgehead atoms. The third kappa shape index (κ3) is 1.60. The van der Waals surface area contributed by atoms with Gasteiger partial charge in [0.2, 0.25) is 0 Å². The lowest BCUT2D eigenvalue weighted by Gasteiger charge is -2.24. The Morgan fingerprint density at radius 2 is 2.14 bits per heavy atom. The van der Waals surface area contributed by atoms with E-state index in [0.717, 1.165) is 29.8 Å². The SMILES string of the molecule is O=C(O)c1nn(-c2cnc(C3CCC3)cn2)c2c1C[C@H]1C[C@@H]21. The first-order valence-corrected chi connectivity index (χ1v) is 7.89. The zero-order valence-electron chi connectivity index (χ0n) is 12.1. The van der Waals surface area contributed by atoms with Crippen LogP contribution < -0.4 is 0 Å². The number of hydrogen-bond acceptors (Lipinski definition) is 4. The zero-order valence-corrected chi connectivity index (χ0v) is 12.1. The van der Waals surface area contributed by atoms with Gasteiger partial charge in [-0.3, -0.25) is 4.98 Å². The van der Waals surface area contributed by atoms with E-state index in [1.807, 2.05) is 6.20 Å². The van der Waals surface area contributed by atoms with Crippen molar-refractivity contribution in [3.63, 3.8) is 0 Å². The summed E-state index contributed by atoms with van der Waals surface area (Å²) in [6.07, 6.45) is 9.21. The lowest BCUT2D eigenvalue weighted by molar-refractivity contribution is 0.0688. The van der Waals surface area contributed by atoms with Gasteiger partial charge in [-0.15, -0.1) is 0 Å². The largest absolute Gasteiger partial charge is 0.476 e. The highest BCUT2D eigenvalue weighted by Gasteiger charge is 2.50. The first-order valence-electron chi connectivity index (χ1n) is 7.89. The lowest BCUT2D eigenvalue weighted by atomic mass is 9.83. The predicted molar refractivity (Wildman–Crippen MR) is 77.3 cm³/mol. The van der Waals surface area contributed by atoms with Crippen LogP contribution in [0.25, 0.3) is 5.82 Å². The summed E-state index contributed by atoms with van der Waals surface area (Å²) in [5, 5.41) is 13.7. The maximum Gasteiger partial charge on any atom is 0.356 e. The summed E-state index contributed by atoms with van der Waals surface area (Å²) >= 11 is 0. The fraction of sp³-hybridized carbons (Fsp3) is 0.500. The molecule has 22 heavy (non-hydrogen) atoms. The van der Waals surface area contributed by atoms with Crippen LogP contribution in [-0.4, -0.2) is 30.8 Å². The molecule has 2 fully saturated rings. The fourth-order valence-electron chi connectivity index (χ4n) is 3.82. The second-order valence-electron chi connectivity index (χ2n) is 6.66. The van der Waals surface area contributed by atoms with E-state index < -0.39 is 5.97 Å². The van der Waals surface area contributed by atoms with Gasteiger partial charge in [0.25, 0.3) is 0 Å². The minimum absolute atomic E-state index is 0.187. The average molecular weight is 296 g/mol. The topological polar surface area (TPSA) is 80.9 Å². The quantitative estimate of drug-likeness (QED) is 0.939. The fourth-order valence-corrected chi connectivity index (χ4v) is 3.82. The van der Waals surface area contributed by atoms with Gasteiger partial charge in [-0.1, -0.05) is 6.42 Å². The molecule has 6 nitrogen and oxygen atoms in total. The normalized spacial score (nSPS) is 25.5. The van der Waals surface area contributed by atoms with Crippen molar-refractivity contribution < 1.29 is 9.90 Å². The molecular weight excluding hydrogens is 280 g/mol. The van der Waals surface area contributed by atoms with Gasteiger partial charge < -0.3 is 5.11 Å². The summed E-state index contributed by atoms with van der Waals surface area (Å²) in [6, 6.07) is 0. The van der Waals surface area contributed by atoms with Crippen LogP contribution in [0, 0.1) is 5.92 Å². The van der Waals surface area contributed by atoms with Gasteiger partial charge in [0.15, 0.2) is 11.5 Å². The number of carboxylic acid groups (broad SMARTS) is 1. The second-order valence-corrected chi connectivity index (χ2v) is 6.66. The van der Waals surface area contributed by atoms with Crippen molar-refractivity contribution >= 4 is 5.97 Å². The van der Waals surface area contributed by atoms with E-state index in [9.17, 15) is 9.90 Å². The molecular formula is C16H16N4O2. The number of aromatic carboxylic acids is 1. The molecule has 5 rings (SSSR count). The van der Waals surface area contributed by atoms with Gasteiger partial charge >= 0.3 is 5.97 Å². The summed E-state index contributed by atoms with van der Waals surface area (Å²) in [6.45, 7) is 0. The van der Waals surface area contributed by atoms with E-state index in [4.69, 9.17) is 0 Å². The first kappa shape index (κ1) is 12.3. The van der Waals surface area contributed by atoms with Gasteiger partial charge in [0.05, 0.1) is 23.8 Å². The van der Waals surface area contributed by atoms with E-state index in [1.54, 1.807) is 10.9 Å². The molecule has 0 radical (unpaired) electrons. The van der Waals surface area contributed by atoms with Crippen LogP contribution in [0.15, 0.2) is 12.4 Å². The summed E-state index contributed by atoms with van der Waals surface area (Å²) < 4.78 is 1.72. The minimum Gasteiger partial charge on any atom is -0.476 e. The van der Waals surface area contributed by atoms with Crippen LogP contribution in [0.1, 0.15) is 65.0 Å². The molecule has 2 aromatic rings. The van der Waals surface area contributed by atoms with E-state index in [-0.39, 0.29) is 5.69 Å². The maximum absolute atomic E-state index is 11.4. The highest BCUT2D eigenvalue weighted by molar-refractivity contribution is 5.88. The zero-order chi connectivity index (χ0) is 14.8. The van der Waals surface area contributed by atoms with E-state index >= 15 is 0 Å². The number of nitrogens with zero attached hydrogens (tertiary/aromatic N) is 4. The van der Waals surface area contributed by atoms with Crippen LogP contribution in [0.5, 0.6) is 0 Å². The van der Waals surface area contributed by atoms with Crippen molar-refractivity contribution in [2.24, 2.45) is 5.92 Å². The van der Waals surface area contributed by atoms with Crippen LogP contribution in [0.2, 0.25) is 0 Å². The Kier molecular flexibility index (Phi) is 2.32. The Morgan fingerprint density at radius 3 is 2.77 bits per heavy atom. The molecule has 0 spiro atoms.